The van der Waals surface area contributed by atoms with Gasteiger partial charge in [0.05, 0.1) is 10.8 Å². The lowest BCUT2D eigenvalue weighted by Crippen LogP contribution is -2.43. The number of rotatable bonds is 7. The van der Waals surface area contributed by atoms with Crippen LogP contribution >= 0.6 is 0 Å². The van der Waals surface area contributed by atoms with Gasteiger partial charge in [0.2, 0.25) is 15.9 Å². The van der Waals surface area contributed by atoms with Crippen molar-refractivity contribution in [1.82, 2.24) is 9.62 Å². The Hall–Kier alpha value is -1.92. The van der Waals surface area contributed by atoms with Crippen LogP contribution in [0.15, 0.2) is 47.4 Å². The molecule has 2 atom stereocenters. The third kappa shape index (κ3) is 4.55. The smallest absolute Gasteiger partial charge is 0.243 e. The van der Waals surface area contributed by atoms with Crippen molar-refractivity contribution in [1.29, 1.82) is 0 Å². The van der Waals surface area contributed by atoms with Gasteiger partial charge in [-0.15, -0.1) is 0 Å². The number of nitrogens with zero attached hydrogens (tertiary/aromatic N) is 1. The summed E-state index contributed by atoms with van der Waals surface area (Å²) >= 11 is 0. The van der Waals surface area contributed by atoms with Crippen LogP contribution in [0.2, 0.25) is 0 Å². The molecule has 1 fully saturated rings. The summed E-state index contributed by atoms with van der Waals surface area (Å²) in [6.45, 7) is 8.28. The predicted molar refractivity (Wildman–Crippen MR) is 113 cm³/mol. The van der Waals surface area contributed by atoms with E-state index in [-0.39, 0.29) is 23.4 Å². The Labute approximate surface area is 168 Å². The fourth-order valence-electron chi connectivity index (χ4n) is 3.49. The molecular weight excluding hydrogens is 372 g/mol. The van der Waals surface area contributed by atoms with E-state index in [1.165, 1.54) is 0 Å². The minimum absolute atomic E-state index is 0.0623. The van der Waals surface area contributed by atoms with E-state index in [1.807, 2.05) is 58.0 Å². The van der Waals surface area contributed by atoms with Gasteiger partial charge in [0.15, 0.2) is 0 Å². The molecule has 1 aliphatic rings. The molecule has 152 valence electrons. The molecule has 2 aromatic rings. The molecule has 6 heteroatoms. The van der Waals surface area contributed by atoms with Crippen molar-refractivity contribution >= 4 is 26.7 Å². The van der Waals surface area contributed by atoms with Crippen LogP contribution < -0.4 is 5.32 Å². The first-order valence-electron chi connectivity index (χ1n) is 9.96. The molecule has 0 aromatic heterocycles. The molecule has 1 aliphatic carbocycles. The number of benzene rings is 2. The fourth-order valence-corrected chi connectivity index (χ4v) is 5.23. The molecule has 0 aliphatic heterocycles. The highest BCUT2D eigenvalue weighted by Gasteiger charge is 2.51. The van der Waals surface area contributed by atoms with Crippen molar-refractivity contribution < 1.29 is 13.2 Å². The zero-order valence-corrected chi connectivity index (χ0v) is 17.9. The van der Waals surface area contributed by atoms with E-state index in [2.05, 4.69) is 5.32 Å². The van der Waals surface area contributed by atoms with Gasteiger partial charge < -0.3 is 5.32 Å². The summed E-state index contributed by atoms with van der Waals surface area (Å²) in [5.74, 6) is -0.334. The van der Waals surface area contributed by atoms with Gasteiger partial charge in [-0.3, -0.25) is 4.79 Å². The predicted octanol–water partition coefficient (Wildman–Crippen LogP) is 3.93. The summed E-state index contributed by atoms with van der Waals surface area (Å²) in [7, 11) is -3.66. The third-order valence-electron chi connectivity index (χ3n) is 5.02. The van der Waals surface area contributed by atoms with E-state index in [0.717, 1.165) is 23.6 Å². The van der Waals surface area contributed by atoms with E-state index in [0.29, 0.717) is 17.9 Å². The Bertz CT molecular complexity index is 963. The number of fused-ring (bicyclic) bond motifs is 1. The first-order valence-corrected chi connectivity index (χ1v) is 11.4. The van der Waals surface area contributed by atoms with Gasteiger partial charge in [0.25, 0.3) is 0 Å². The number of hydrogen-bond acceptors (Lipinski definition) is 3. The van der Waals surface area contributed by atoms with Crippen LogP contribution in [0.5, 0.6) is 0 Å². The normalized spacial score (nSPS) is 19.8. The number of amides is 1. The Morgan fingerprint density at radius 2 is 1.82 bits per heavy atom. The maximum absolute atomic E-state index is 13.4. The second-order valence-electron chi connectivity index (χ2n) is 8.63. The van der Waals surface area contributed by atoms with E-state index >= 15 is 0 Å². The molecule has 0 heterocycles. The zero-order valence-electron chi connectivity index (χ0n) is 17.1. The second-order valence-corrected chi connectivity index (χ2v) is 10.5. The summed E-state index contributed by atoms with van der Waals surface area (Å²) in [4.78, 5) is 12.8. The molecule has 1 N–H and O–H groups in total. The number of hydrogen-bond donors (Lipinski definition) is 1. The van der Waals surface area contributed by atoms with Gasteiger partial charge in [0, 0.05) is 18.1 Å². The van der Waals surface area contributed by atoms with Crippen LogP contribution in [-0.2, 0) is 14.8 Å². The molecule has 5 nitrogen and oxygen atoms in total. The van der Waals surface area contributed by atoms with Crippen molar-refractivity contribution in [2.24, 2.45) is 5.92 Å². The Balaban J connectivity index is 1.87. The molecule has 0 unspecified atom stereocenters. The summed E-state index contributed by atoms with van der Waals surface area (Å²) in [6.07, 6.45) is 2.25. The largest absolute Gasteiger partial charge is 0.351 e. The number of sulfonamides is 1. The van der Waals surface area contributed by atoms with Gasteiger partial charge in [-0.1, -0.05) is 43.7 Å². The number of carbonyl (C=O) groups is 1. The number of unbranched alkanes of at least 4 members (excludes halogenated alkanes) is 1. The number of carbonyl (C=O) groups excluding carboxylic acids is 1. The van der Waals surface area contributed by atoms with Crippen LogP contribution in [0, 0.1) is 5.92 Å². The molecule has 2 aromatic carbocycles. The summed E-state index contributed by atoms with van der Waals surface area (Å²) in [5.41, 5.74) is -0.324. The molecule has 0 radical (unpaired) electrons. The SMILES string of the molecule is CCCCN([C@@H]1C[C@H]1C(=O)NC(C)(C)C)S(=O)(=O)c1ccc2ccccc2c1. The highest BCUT2D eigenvalue weighted by atomic mass is 32.2. The Morgan fingerprint density at radius 3 is 2.46 bits per heavy atom. The van der Waals surface area contributed by atoms with Gasteiger partial charge >= 0.3 is 0 Å². The summed E-state index contributed by atoms with van der Waals surface area (Å²) < 4.78 is 28.4. The van der Waals surface area contributed by atoms with Gasteiger partial charge in [0.1, 0.15) is 0 Å². The quantitative estimate of drug-likeness (QED) is 0.763. The van der Waals surface area contributed by atoms with Gasteiger partial charge in [-0.25, -0.2) is 8.42 Å². The van der Waals surface area contributed by atoms with Crippen molar-refractivity contribution in [3.8, 4) is 0 Å². The van der Waals surface area contributed by atoms with E-state index in [9.17, 15) is 13.2 Å². The average Bonchev–Trinajstić information content (AvgIpc) is 3.40. The van der Waals surface area contributed by atoms with Crippen molar-refractivity contribution in [3.05, 3.63) is 42.5 Å². The summed E-state index contributed by atoms with van der Waals surface area (Å²) in [6, 6.07) is 12.7. The lowest BCUT2D eigenvalue weighted by molar-refractivity contribution is -0.124. The van der Waals surface area contributed by atoms with Gasteiger partial charge in [-0.2, -0.15) is 4.31 Å². The molecule has 0 saturated heterocycles. The molecule has 28 heavy (non-hydrogen) atoms. The molecule has 0 bridgehead atoms. The highest BCUT2D eigenvalue weighted by Crippen LogP contribution is 2.40. The molecule has 0 spiro atoms. The first-order chi connectivity index (χ1) is 13.1. The molecular formula is C22H30N2O3S. The van der Waals surface area contributed by atoms with Crippen molar-refractivity contribution in [2.45, 2.75) is 63.4 Å². The van der Waals surface area contributed by atoms with E-state index in [1.54, 1.807) is 16.4 Å². The fraction of sp³-hybridized carbons (Fsp3) is 0.500. The zero-order chi connectivity index (χ0) is 20.5. The van der Waals surface area contributed by atoms with Crippen LogP contribution in [-0.4, -0.2) is 36.8 Å². The lowest BCUT2D eigenvalue weighted by Gasteiger charge is -2.24. The minimum atomic E-state index is -3.66. The average molecular weight is 403 g/mol. The topological polar surface area (TPSA) is 66.5 Å². The third-order valence-corrected chi connectivity index (χ3v) is 6.94. The second kappa shape index (κ2) is 7.84. The Morgan fingerprint density at radius 1 is 1.14 bits per heavy atom. The van der Waals surface area contributed by atoms with Crippen molar-refractivity contribution in [2.75, 3.05) is 6.54 Å². The highest BCUT2D eigenvalue weighted by molar-refractivity contribution is 7.89. The standard InChI is InChI=1S/C22H30N2O3S/c1-5-6-13-24(20-15-19(20)21(25)23-22(2,3)4)28(26,27)18-12-11-16-9-7-8-10-17(16)14-18/h7-12,14,19-20H,5-6,13,15H2,1-4H3,(H,23,25)/t19-,20-/m1/s1. The van der Waals surface area contributed by atoms with Gasteiger partial charge in [-0.05, 0) is 56.5 Å². The molecule has 1 amide bonds. The summed E-state index contributed by atoms with van der Waals surface area (Å²) in [5, 5.41) is 4.89. The lowest BCUT2D eigenvalue weighted by atomic mass is 10.1. The Kier molecular flexibility index (Phi) is 5.82. The first kappa shape index (κ1) is 20.8. The monoisotopic (exact) mass is 402 g/mol. The van der Waals surface area contributed by atoms with Crippen molar-refractivity contribution in [3.63, 3.8) is 0 Å². The molecule has 1 saturated carbocycles. The molecule has 3 rings (SSSR count). The van der Waals surface area contributed by atoms with E-state index in [4.69, 9.17) is 0 Å². The maximum Gasteiger partial charge on any atom is 0.243 e. The van der Waals surface area contributed by atoms with Crippen LogP contribution in [0.4, 0.5) is 0 Å². The van der Waals surface area contributed by atoms with Crippen LogP contribution in [0.3, 0.4) is 0 Å². The van der Waals surface area contributed by atoms with E-state index < -0.39 is 10.0 Å². The number of nitrogens with one attached hydrogen (secondary N) is 1. The minimum Gasteiger partial charge on any atom is -0.351 e. The maximum atomic E-state index is 13.4. The van der Waals surface area contributed by atoms with Crippen LogP contribution in [0.25, 0.3) is 10.8 Å². The van der Waals surface area contributed by atoms with Crippen LogP contribution in [0.1, 0.15) is 47.0 Å².